The number of hydrogen-bond acceptors (Lipinski definition) is 6. The minimum absolute atomic E-state index is 0.0328. The third-order valence-corrected chi connectivity index (χ3v) is 2.69. The van der Waals surface area contributed by atoms with Gasteiger partial charge in [-0.2, -0.15) is 11.8 Å². The molecule has 0 atom stereocenters. The van der Waals surface area contributed by atoms with Crippen LogP contribution in [0, 0.1) is 0 Å². The van der Waals surface area contributed by atoms with Gasteiger partial charge in [-0.1, -0.05) is 30.3 Å². The lowest BCUT2D eigenvalue weighted by molar-refractivity contribution is 0.0464. The van der Waals surface area contributed by atoms with Crippen molar-refractivity contribution in [2.75, 3.05) is 0 Å². The fraction of sp³-hybridized carbons (Fsp3) is 0.0714. The Kier molecular flexibility index (Phi) is 4.54. The van der Waals surface area contributed by atoms with Crippen LogP contribution in [0.4, 0.5) is 0 Å². The molecule has 0 unspecified atom stereocenters. The van der Waals surface area contributed by atoms with Crippen molar-refractivity contribution < 1.29 is 19.2 Å². The van der Waals surface area contributed by atoms with E-state index in [0.29, 0.717) is 11.3 Å². The normalized spacial score (nSPS) is 9.90. The Labute approximate surface area is 115 Å². The average molecular weight is 274 g/mol. The molecule has 6 nitrogen and oxygen atoms in total. The Bertz CT molecular complexity index is 601. The van der Waals surface area contributed by atoms with E-state index in [4.69, 9.17) is 21.4 Å². The highest BCUT2D eigenvalue weighted by molar-refractivity contribution is 5.92. The molecular formula is C14H14N2O4. The Morgan fingerprint density at radius 2 is 1.50 bits per heavy atom. The summed E-state index contributed by atoms with van der Waals surface area (Å²) >= 11 is 0. The minimum Gasteiger partial charge on any atom is -0.457 e. The van der Waals surface area contributed by atoms with Crippen LogP contribution in [-0.4, -0.2) is 5.97 Å². The number of benzene rings is 2. The molecule has 4 N–H and O–H groups in total. The molecule has 0 aliphatic heterocycles. The molecule has 2 aromatic carbocycles. The van der Waals surface area contributed by atoms with Crippen molar-refractivity contribution in [3.05, 3.63) is 59.7 Å². The molecule has 0 amide bonds. The molecule has 0 fully saturated rings. The average Bonchev–Trinajstić information content (AvgIpc) is 2.52. The molecule has 6 heteroatoms. The summed E-state index contributed by atoms with van der Waals surface area (Å²) in [7, 11) is 0. The fourth-order valence-electron chi connectivity index (χ4n) is 1.70. The van der Waals surface area contributed by atoms with Crippen LogP contribution in [0.2, 0.25) is 0 Å². The largest absolute Gasteiger partial charge is 0.457 e. The summed E-state index contributed by atoms with van der Waals surface area (Å²) in [5, 5.41) is 0. The molecule has 0 bridgehead atoms. The van der Waals surface area contributed by atoms with E-state index in [9.17, 15) is 4.79 Å². The van der Waals surface area contributed by atoms with Gasteiger partial charge in [-0.05, 0) is 18.2 Å². The topological polar surface area (TPSA) is 96.8 Å². The standard InChI is InChI=1S/C14H14N2O4/c15-19-12-7-3-1-5-10(12)9-18-14(17)11-6-2-4-8-13(11)20-16/h1-8H,9,15-16H2. The lowest BCUT2D eigenvalue weighted by Gasteiger charge is -2.10. The van der Waals surface area contributed by atoms with E-state index in [1.54, 1.807) is 48.5 Å². The van der Waals surface area contributed by atoms with Gasteiger partial charge in [-0.3, -0.25) is 0 Å². The zero-order valence-electron chi connectivity index (χ0n) is 10.6. The maximum absolute atomic E-state index is 12.0. The number of ether oxygens (including phenoxy) is 1. The smallest absolute Gasteiger partial charge is 0.342 e. The van der Waals surface area contributed by atoms with Gasteiger partial charge in [0.2, 0.25) is 0 Å². The first-order valence-electron chi connectivity index (χ1n) is 5.83. The Hall–Kier alpha value is -2.57. The summed E-state index contributed by atoms with van der Waals surface area (Å²) in [5.74, 6) is 10.4. The number of para-hydroxylation sites is 2. The molecule has 0 aromatic heterocycles. The second-order valence-electron chi connectivity index (χ2n) is 3.92. The van der Waals surface area contributed by atoms with Gasteiger partial charge in [0.25, 0.3) is 0 Å². The number of nitrogens with two attached hydrogens (primary N) is 2. The van der Waals surface area contributed by atoms with Crippen molar-refractivity contribution in [1.29, 1.82) is 0 Å². The summed E-state index contributed by atoms with van der Waals surface area (Å²) in [6.45, 7) is 0.0328. The van der Waals surface area contributed by atoms with E-state index in [2.05, 4.69) is 4.84 Å². The van der Waals surface area contributed by atoms with Gasteiger partial charge >= 0.3 is 5.97 Å². The number of carbonyl (C=O) groups excluding carboxylic acids is 1. The van der Waals surface area contributed by atoms with E-state index in [-0.39, 0.29) is 17.9 Å². The zero-order chi connectivity index (χ0) is 14.4. The molecule has 104 valence electrons. The number of hydrogen-bond donors (Lipinski definition) is 2. The van der Waals surface area contributed by atoms with Crippen molar-refractivity contribution in [3.63, 3.8) is 0 Å². The van der Waals surface area contributed by atoms with Crippen molar-refractivity contribution in [2.24, 2.45) is 11.8 Å². The van der Waals surface area contributed by atoms with E-state index >= 15 is 0 Å². The molecule has 2 rings (SSSR count). The van der Waals surface area contributed by atoms with Crippen LogP contribution >= 0.6 is 0 Å². The Morgan fingerprint density at radius 3 is 2.20 bits per heavy atom. The first-order valence-corrected chi connectivity index (χ1v) is 5.83. The van der Waals surface area contributed by atoms with Gasteiger partial charge in [-0.15, -0.1) is 0 Å². The second-order valence-corrected chi connectivity index (χ2v) is 3.92. The number of carbonyl (C=O) groups is 1. The monoisotopic (exact) mass is 274 g/mol. The summed E-state index contributed by atoms with van der Waals surface area (Å²) in [5.41, 5.74) is 0.913. The maximum atomic E-state index is 12.0. The maximum Gasteiger partial charge on any atom is 0.342 e. The summed E-state index contributed by atoms with van der Waals surface area (Å²) in [4.78, 5) is 21.3. The molecule has 0 spiro atoms. The summed E-state index contributed by atoms with van der Waals surface area (Å²) in [6, 6.07) is 13.5. The van der Waals surface area contributed by atoms with Gasteiger partial charge in [0.15, 0.2) is 11.5 Å². The molecule has 20 heavy (non-hydrogen) atoms. The molecular weight excluding hydrogens is 260 g/mol. The summed E-state index contributed by atoms with van der Waals surface area (Å²) in [6.07, 6.45) is 0. The molecule has 0 saturated carbocycles. The van der Waals surface area contributed by atoms with Gasteiger partial charge in [0.05, 0.1) is 0 Å². The van der Waals surface area contributed by atoms with Crippen molar-refractivity contribution >= 4 is 5.97 Å². The third kappa shape index (κ3) is 3.05. The van der Waals surface area contributed by atoms with Crippen LogP contribution in [-0.2, 0) is 11.3 Å². The Balaban J connectivity index is 2.09. The van der Waals surface area contributed by atoms with Gasteiger partial charge < -0.3 is 14.4 Å². The molecule has 0 radical (unpaired) electrons. The number of esters is 1. The zero-order valence-corrected chi connectivity index (χ0v) is 10.6. The van der Waals surface area contributed by atoms with Crippen LogP contribution < -0.4 is 21.5 Å². The highest BCUT2D eigenvalue weighted by atomic mass is 16.6. The SMILES string of the molecule is NOc1ccccc1COC(=O)c1ccccc1ON. The van der Waals surface area contributed by atoms with Crippen LogP contribution in [0.15, 0.2) is 48.5 Å². The van der Waals surface area contributed by atoms with Gasteiger partial charge in [0.1, 0.15) is 12.2 Å². The predicted octanol–water partition coefficient (Wildman–Crippen LogP) is 1.55. The van der Waals surface area contributed by atoms with Crippen LogP contribution in [0.3, 0.4) is 0 Å². The number of rotatable bonds is 5. The molecule has 2 aromatic rings. The summed E-state index contributed by atoms with van der Waals surface area (Å²) < 4.78 is 5.19. The van der Waals surface area contributed by atoms with Crippen molar-refractivity contribution in [3.8, 4) is 11.5 Å². The molecule has 0 aliphatic rings. The van der Waals surface area contributed by atoms with Gasteiger partial charge in [-0.25, -0.2) is 4.79 Å². The van der Waals surface area contributed by atoms with Crippen LogP contribution in [0.5, 0.6) is 11.5 Å². The minimum atomic E-state index is -0.544. The first kappa shape index (κ1) is 13.9. The van der Waals surface area contributed by atoms with Crippen molar-refractivity contribution in [2.45, 2.75) is 6.61 Å². The first-order chi connectivity index (χ1) is 9.76. The van der Waals surface area contributed by atoms with Crippen LogP contribution in [0.1, 0.15) is 15.9 Å². The van der Waals surface area contributed by atoms with Crippen molar-refractivity contribution in [1.82, 2.24) is 0 Å². The van der Waals surface area contributed by atoms with Gasteiger partial charge in [0, 0.05) is 5.56 Å². The fourth-order valence-corrected chi connectivity index (χ4v) is 1.70. The van der Waals surface area contributed by atoms with E-state index < -0.39 is 5.97 Å². The lowest BCUT2D eigenvalue weighted by Crippen LogP contribution is -2.11. The van der Waals surface area contributed by atoms with E-state index in [0.717, 1.165) is 0 Å². The highest BCUT2D eigenvalue weighted by Crippen LogP contribution is 2.21. The van der Waals surface area contributed by atoms with E-state index in [1.807, 2.05) is 0 Å². The lowest BCUT2D eigenvalue weighted by atomic mass is 10.2. The highest BCUT2D eigenvalue weighted by Gasteiger charge is 2.14. The van der Waals surface area contributed by atoms with E-state index in [1.165, 1.54) is 0 Å². The molecule has 0 aliphatic carbocycles. The molecule has 0 heterocycles. The predicted molar refractivity (Wildman–Crippen MR) is 71.6 cm³/mol. The Morgan fingerprint density at radius 1 is 0.900 bits per heavy atom. The quantitative estimate of drug-likeness (QED) is 0.634. The second kappa shape index (κ2) is 6.55. The third-order valence-electron chi connectivity index (χ3n) is 2.69. The van der Waals surface area contributed by atoms with Crippen LogP contribution in [0.25, 0.3) is 0 Å². The molecule has 0 saturated heterocycles.